The lowest BCUT2D eigenvalue weighted by molar-refractivity contribution is 1.45. The van der Waals surface area contributed by atoms with Crippen LogP contribution < -0.4 is 0 Å². The van der Waals surface area contributed by atoms with Crippen LogP contribution in [-0.2, 0) is 0 Å². The Morgan fingerprint density at radius 3 is 2.06 bits per heavy atom. The van der Waals surface area contributed by atoms with Crippen LogP contribution in [0.2, 0.25) is 0 Å². The number of thiophene rings is 1. The minimum atomic E-state index is 0.943. The van der Waals surface area contributed by atoms with Crippen LogP contribution in [-0.4, -0.2) is 5.71 Å². The van der Waals surface area contributed by atoms with E-state index in [2.05, 4.69) is 172 Å². The van der Waals surface area contributed by atoms with Crippen molar-refractivity contribution in [3.63, 3.8) is 0 Å². The molecule has 0 bridgehead atoms. The Bertz CT molecular complexity index is 2430. The lowest BCUT2D eigenvalue weighted by Gasteiger charge is -2.16. The van der Waals surface area contributed by atoms with Crippen LogP contribution in [0, 0.1) is 6.92 Å². The number of benzene rings is 6. The van der Waals surface area contributed by atoms with Crippen molar-refractivity contribution in [2.24, 2.45) is 4.99 Å². The van der Waals surface area contributed by atoms with Crippen LogP contribution in [0.25, 0.3) is 54.0 Å². The zero-order chi connectivity index (χ0) is 33.0. The summed E-state index contributed by atoms with van der Waals surface area (Å²) in [6, 6.07) is 45.8. The summed E-state index contributed by atoms with van der Waals surface area (Å²) >= 11 is 1.81. The molecule has 48 heavy (non-hydrogen) atoms. The molecule has 1 aromatic heterocycles. The van der Waals surface area contributed by atoms with Gasteiger partial charge in [0.2, 0.25) is 0 Å². The molecule has 0 saturated carbocycles. The molecular formula is C46H37NS. The molecule has 1 heterocycles. The maximum atomic E-state index is 5.53. The molecule has 0 atom stereocenters. The summed E-state index contributed by atoms with van der Waals surface area (Å²) in [5, 5.41) is 6.23. The topological polar surface area (TPSA) is 12.4 Å². The molecule has 0 amide bonds. The van der Waals surface area contributed by atoms with Gasteiger partial charge in [0.1, 0.15) is 0 Å². The van der Waals surface area contributed by atoms with Crippen LogP contribution in [0.3, 0.4) is 0 Å². The molecule has 0 aliphatic rings. The molecule has 1 nitrogen and oxygen atoms in total. The largest absolute Gasteiger partial charge is 0.247 e. The molecule has 0 aliphatic heterocycles. The van der Waals surface area contributed by atoms with Gasteiger partial charge in [-0.15, -0.1) is 11.3 Å². The molecule has 0 unspecified atom stereocenters. The molecule has 0 fully saturated rings. The molecule has 7 aromatic rings. The first-order chi connectivity index (χ1) is 23.6. The summed E-state index contributed by atoms with van der Waals surface area (Å²) in [6.07, 6.45) is 10.3. The average Bonchev–Trinajstić information content (AvgIpc) is 3.48. The van der Waals surface area contributed by atoms with Gasteiger partial charge in [-0.3, -0.25) is 0 Å². The van der Waals surface area contributed by atoms with Gasteiger partial charge in [-0.1, -0.05) is 134 Å². The van der Waals surface area contributed by atoms with E-state index in [1.54, 1.807) is 0 Å². The zero-order valence-corrected chi connectivity index (χ0v) is 28.4. The summed E-state index contributed by atoms with van der Waals surface area (Å²) in [6.45, 7) is 10.6. The number of allylic oxidation sites excluding steroid dienone is 6. The van der Waals surface area contributed by atoms with Crippen molar-refractivity contribution in [2.45, 2.75) is 20.8 Å². The monoisotopic (exact) mass is 635 g/mol. The van der Waals surface area contributed by atoms with Gasteiger partial charge < -0.3 is 0 Å². The number of hydrogen-bond acceptors (Lipinski definition) is 2. The number of nitrogens with zero attached hydrogens (tertiary/aromatic N) is 1. The Hall–Kier alpha value is -5.57. The van der Waals surface area contributed by atoms with Crippen molar-refractivity contribution < 1.29 is 0 Å². The second kappa shape index (κ2) is 13.7. The zero-order valence-electron chi connectivity index (χ0n) is 27.6. The Morgan fingerprint density at radius 1 is 0.667 bits per heavy atom. The smallest absolute Gasteiger partial charge is 0.0884 e. The standard InChI is InChI=1S/C46H37NS/c1-5-8-18-32(6-2)35-27-36(42-30-34-21-12-13-23-39(34)40-24-14-15-25-41(40)42)29-37(28-35)45(47-43(7-3)33-19-10-9-11-20-33)46-31(4)38-22-16-17-26-44(38)48-46/h5-30H,2H2,1,3-4H3/b8-5-,32-18+,43-7-,47-45?. The molecule has 0 saturated heterocycles. The van der Waals surface area contributed by atoms with E-state index in [9.17, 15) is 0 Å². The predicted molar refractivity (Wildman–Crippen MR) is 212 cm³/mol. The summed E-state index contributed by atoms with van der Waals surface area (Å²) in [5.41, 5.74) is 9.81. The minimum Gasteiger partial charge on any atom is -0.247 e. The second-order valence-corrected chi connectivity index (χ2v) is 12.9. The second-order valence-electron chi connectivity index (χ2n) is 11.9. The fourth-order valence-corrected chi connectivity index (χ4v) is 7.75. The third-order valence-electron chi connectivity index (χ3n) is 8.94. The quantitative estimate of drug-likeness (QED) is 0.0895. The third kappa shape index (κ3) is 5.88. The molecule has 2 heteroatoms. The maximum Gasteiger partial charge on any atom is 0.0884 e. The van der Waals surface area contributed by atoms with Crippen LogP contribution in [0.5, 0.6) is 0 Å². The van der Waals surface area contributed by atoms with Crippen molar-refractivity contribution in [3.8, 4) is 11.1 Å². The van der Waals surface area contributed by atoms with Crippen LogP contribution >= 0.6 is 11.3 Å². The fourth-order valence-electron chi connectivity index (χ4n) is 6.53. The number of aliphatic imine (C=N–C) groups is 1. The van der Waals surface area contributed by atoms with Crippen LogP contribution in [0.1, 0.15) is 41.0 Å². The van der Waals surface area contributed by atoms with E-state index in [0.29, 0.717) is 0 Å². The highest BCUT2D eigenvalue weighted by Gasteiger charge is 2.20. The SMILES string of the molecule is C=C/C(=C\C=C/C)c1cc(C(=N/C(=C\C)c2ccccc2)c2sc3ccccc3c2C)cc(-c2cc3ccccc3c3ccccc23)c1. The minimum absolute atomic E-state index is 0.943. The average molecular weight is 636 g/mol. The number of rotatable bonds is 8. The van der Waals surface area contributed by atoms with Crippen molar-refractivity contribution in [2.75, 3.05) is 0 Å². The van der Waals surface area contributed by atoms with Crippen LogP contribution in [0.15, 0.2) is 169 Å². The van der Waals surface area contributed by atoms with Gasteiger partial charge in [0.25, 0.3) is 0 Å². The number of fused-ring (bicyclic) bond motifs is 4. The molecule has 0 radical (unpaired) electrons. The molecule has 7 rings (SSSR count). The molecule has 0 aliphatic carbocycles. The summed E-state index contributed by atoms with van der Waals surface area (Å²) < 4.78 is 1.26. The predicted octanol–water partition coefficient (Wildman–Crippen LogP) is 13.2. The first-order valence-corrected chi connectivity index (χ1v) is 17.2. The third-order valence-corrected chi connectivity index (χ3v) is 10.2. The first-order valence-electron chi connectivity index (χ1n) is 16.4. The first kappa shape index (κ1) is 31.1. The van der Waals surface area contributed by atoms with Crippen molar-refractivity contribution in [1.82, 2.24) is 0 Å². The highest BCUT2D eigenvalue weighted by molar-refractivity contribution is 7.21. The lowest BCUT2D eigenvalue weighted by Crippen LogP contribution is -2.05. The fraction of sp³-hybridized carbons (Fsp3) is 0.0652. The van der Waals surface area contributed by atoms with E-state index in [1.807, 2.05) is 24.3 Å². The highest BCUT2D eigenvalue weighted by atomic mass is 32.1. The Balaban J connectivity index is 1.57. The molecule has 6 aromatic carbocycles. The van der Waals surface area contributed by atoms with Gasteiger partial charge in [-0.05, 0) is 111 Å². The maximum absolute atomic E-state index is 5.53. The molecule has 0 spiro atoms. The molecule has 232 valence electrons. The van der Waals surface area contributed by atoms with E-state index in [0.717, 1.165) is 39.2 Å². The van der Waals surface area contributed by atoms with E-state index in [4.69, 9.17) is 4.99 Å². The summed E-state index contributed by atoms with van der Waals surface area (Å²) in [5.74, 6) is 0. The molecule has 0 N–H and O–H groups in total. The Kier molecular flexibility index (Phi) is 8.83. The Morgan fingerprint density at radius 2 is 1.33 bits per heavy atom. The highest BCUT2D eigenvalue weighted by Crippen LogP contribution is 2.39. The van der Waals surface area contributed by atoms with Crippen LogP contribution in [0.4, 0.5) is 0 Å². The normalized spacial score (nSPS) is 12.9. The number of aryl methyl sites for hydroxylation is 1. The van der Waals surface area contributed by atoms with Gasteiger partial charge in [0, 0.05) is 10.3 Å². The lowest BCUT2D eigenvalue weighted by atomic mass is 9.89. The number of hydrogen-bond donors (Lipinski definition) is 0. The molecular weight excluding hydrogens is 599 g/mol. The summed E-state index contributed by atoms with van der Waals surface area (Å²) in [4.78, 5) is 6.70. The summed E-state index contributed by atoms with van der Waals surface area (Å²) in [7, 11) is 0. The Labute approximate surface area is 287 Å². The van der Waals surface area contributed by atoms with E-state index in [1.165, 1.54) is 47.6 Å². The van der Waals surface area contributed by atoms with E-state index >= 15 is 0 Å². The van der Waals surface area contributed by atoms with Gasteiger partial charge in [0.15, 0.2) is 0 Å². The van der Waals surface area contributed by atoms with E-state index < -0.39 is 0 Å². The van der Waals surface area contributed by atoms with Crippen molar-refractivity contribution in [1.29, 1.82) is 0 Å². The van der Waals surface area contributed by atoms with Gasteiger partial charge in [-0.25, -0.2) is 4.99 Å². The van der Waals surface area contributed by atoms with Gasteiger partial charge in [0.05, 0.1) is 16.3 Å². The van der Waals surface area contributed by atoms with Crippen molar-refractivity contribution in [3.05, 3.63) is 191 Å². The van der Waals surface area contributed by atoms with Gasteiger partial charge >= 0.3 is 0 Å². The van der Waals surface area contributed by atoms with E-state index in [-0.39, 0.29) is 0 Å². The van der Waals surface area contributed by atoms with Gasteiger partial charge in [-0.2, -0.15) is 0 Å². The van der Waals surface area contributed by atoms with Crippen molar-refractivity contribution >= 4 is 59.9 Å².